The molecule has 0 saturated heterocycles. The topological polar surface area (TPSA) is 84.5 Å². The van der Waals surface area contributed by atoms with Gasteiger partial charge in [-0.3, -0.25) is 9.52 Å². The Morgan fingerprint density at radius 2 is 1.67 bits per heavy atom. The second-order valence-corrected chi connectivity index (χ2v) is 6.34. The molecule has 128 valence electrons. The Kier molecular flexibility index (Phi) is 5.47. The van der Waals surface area contributed by atoms with Crippen molar-refractivity contribution in [3.8, 4) is 0 Å². The lowest BCUT2D eigenvalue weighted by Gasteiger charge is -2.11. The number of nitrogens with one attached hydrogen (secondary N) is 2. The van der Waals surface area contributed by atoms with Crippen LogP contribution in [-0.2, 0) is 19.6 Å². The van der Waals surface area contributed by atoms with Crippen LogP contribution in [0.2, 0.25) is 0 Å². The van der Waals surface area contributed by atoms with Crippen LogP contribution >= 0.6 is 0 Å². The average molecular weight is 356 g/mol. The highest BCUT2D eigenvalue weighted by Crippen LogP contribution is 2.23. The summed E-state index contributed by atoms with van der Waals surface area (Å²) in [5.41, 5.74) is 0.333. The number of carbonyl (C=O) groups excluding carboxylic acids is 1. The molecule has 0 aromatic heterocycles. The standard InChI is InChI=1S/C15H14F2N2O4S/c1-23-9-14(20)18-10-4-2-5-11(8-10)19-24(21,22)15-12(16)6-3-7-13(15)17/h2-8,19H,9H2,1H3,(H,18,20). The van der Waals surface area contributed by atoms with Crippen molar-refractivity contribution in [1.29, 1.82) is 0 Å². The maximum atomic E-state index is 13.7. The lowest BCUT2D eigenvalue weighted by Crippen LogP contribution is -2.18. The molecule has 24 heavy (non-hydrogen) atoms. The maximum absolute atomic E-state index is 13.7. The fraction of sp³-hybridized carbons (Fsp3) is 0.133. The summed E-state index contributed by atoms with van der Waals surface area (Å²) in [7, 11) is -3.11. The van der Waals surface area contributed by atoms with Crippen molar-refractivity contribution >= 4 is 27.3 Å². The molecule has 0 radical (unpaired) electrons. The molecule has 0 bridgehead atoms. The Morgan fingerprint density at radius 3 is 2.29 bits per heavy atom. The Hall–Kier alpha value is -2.52. The minimum absolute atomic E-state index is 0.0351. The van der Waals surface area contributed by atoms with Crippen molar-refractivity contribution in [2.45, 2.75) is 4.90 Å². The molecule has 0 aliphatic rings. The summed E-state index contributed by atoms with van der Waals surface area (Å²) >= 11 is 0. The smallest absolute Gasteiger partial charge is 0.267 e. The quantitative estimate of drug-likeness (QED) is 0.832. The van der Waals surface area contributed by atoms with Gasteiger partial charge in [-0.05, 0) is 30.3 Å². The van der Waals surface area contributed by atoms with E-state index in [9.17, 15) is 22.0 Å². The van der Waals surface area contributed by atoms with Crippen molar-refractivity contribution in [1.82, 2.24) is 0 Å². The Bertz CT molecular complexity index is 836. The highest BCUT2D eigenvalue weighted by molar-refractivity contribution is 7.92. The van der Waals surface area contributed by atoms with Gasteiger partial charge in [0.25, 0.3) is 10.0 Å². The van der Waals surface area contributed by atoms with Crippen molar-refractivity contribution in [3.63, 3.8) is 0 Å². The third-order valence-electron chi connectivity index (χ3n) is 2.86. The molecule has 2 aromatic rings. The summed E-state index contributed by atoms with van der Waals surface area (Å²) in [6, 6.07) is 8.44. The molecular formula is C15H14F2N2O4S. The summed E-state index contributed by atoms with van der Waals surface area (Å²) in [6.45, 7) is -0.170. The van der Waals surface area contributed by atoms with Gasteiger partial charge in [0.05, 0.1) is 5.69 Å². The van der Waals surface area contributed by atoms with Crippen molar-refractivity contribution in [2.75, 3.05) is 23.8 Å². The molecule has 0 aliphatic carbocycles. The number of methoxy groups -OCH3 is 1. The average Bonchev–Trinajstić information content (AvgIpc) is 2.46. The first-order valence-electron chi connectivity index (χ1n) is 6.69. The maximum Gasteiger partial charge on any atom is 0.267 e. The van der Waals surface area contributed by atoms with E-state index in [4.69, 9.17) is 0 Å². The molecule has 0 heterocycles. The molecule has 0 atom stereocenters. The van der Waals surface area contributed by atoms with Gasteiger partial charge >= 0.3 is 0 Å². The summed E-state index contributed by atoms with van der Waals surface area (Å²) < 4.78 is 58.4. The molecule has 0 unspecified atom stereocenters. The third kappa shape index (κ3) is 4.27. The van der Waals surface area contributed by atoms with Crippen LogP contribution in [0, 0.1) is 11.6 Å². The number of hydrogen-bond acceptors (Lipinski definition) is 4. The SMILES string of the molecule is COCC(=O)Nc1cccc(NS(=O)(=O)c2c(F)cccc2F)c1. The number of benzene rings is 2. The van der Waals surface area contributed by atoms with Crippen LogP contribution in [0.5, 0.6) is 0 Å². The molecule has 1 amide bonds. The Balaban J connectivity index is 2.26. The number of hydrogen-bond donors (Lipinski definition) is 2. The number of ether oxygens (including phenoxy) is 1. The van der Waals surface area contributed by atoms with Gasteiger partial charge in [0.2, 0.25) is 5.91 Å². The number of halogens is 2. The molecule has 0 aliphatic heterocycles. The summed E-state index contributed by atoms with van der Waals surface area (Å²) in [4.78, 5) is 10.4. The van der Waals surface area contributed by atoms with Gasteiger partial charge in [0.15, 0.2) is 4.90 Å². The minimum atomic E-state index is -4.47. The van der Waals surface area contributed by atoms with E-state index in [1.165, 1.54) is 31.4 Å². The van der Waals surface area contributed by atoms with Crippen LogP contribution in [0.3, 0.4) is 0 Å². The van der Waals surface area contributed by atoms with E-state index in [0.717, 1.165) is 18.2 Å². The lowest BCUT2D eigenvalue weighted by molar-refractivity contribution is -0.119. The van der Waals surface area contributed by atoms with Crippen molar-refractivity contribution in [3.05, 3.63) is 54.1 Å². The van der Waals surface area contributed by atoms with Gasteiger partial charge in [-0.15, -0.1) is 0 Å². The third-order valence-corrected chi connectivity index (χ3v) is 4.29. The molecule has 2 rings (SSSR count). The molecule has 2 aromatic carbocycles. The second kappa shape index (κ2) is 7.37. The zero-order valence-electron chi connectivity index (χ0n) is 12.5. The molecule has 9 heteroatoms. The molecule has 0 spiro atoms. The molecule has 6 nitrogen and oxygen atoms in total. The zero-order valence-corrected chi connectivity index (χ0v) is 13.4. The molecule has 2 N–H and O–H groups in total. The predicted octanol–water partition coefficient (Wildman–Crippen LogP) is 2.35. The number of sulfonamides is 1. The van der Waals surface area contributed by atoms with Gasteiger partial charge in [0, 0.05) is 12.8 Å². The molecular weight excluding hydrogens is 342 g/mol. The van der Waals surface area contributed by atoms with Gasteiger partial charge in [0.1, 0.15) is 18.2 Å². The van der Waals surface area contributed by atoms with E-state index >= 15 is 0 Å². The fourth-order valence-corrected chi connectivity index (χ4v) is 3.12. The van der Waals surface area contributed by atoms with Crippen LogP contribution in [0.1, 0.15) is 0 Å². The number of carbonyl (C=O) groups is 1. The van der Waals surface area contributed by atoms with E-state index in [1.807, 2.05) is 0 Å². The predicted molar refractivity (Wildman–Crippen MR) is 84.1 cm³/mol. The lowest BCUT2D eigenvalue weighted by atomic mass is 10.3. The monoisotopic (exact) mass is 356 g/mol. The first-order chi connectivity index (χ1) is 11.3. The van der Waals surface area contributed by atoms with Gasteiger partial charge in [-0.2, -0.15) is 0 Å². The van der Waals surface area contributed by atoms with Crippen LogP contribution in [0.15, 0.2) is 47.4 Å². The van der Waals surface area contributed by atoms with Gasteiger partial charge in [-0.25, -0.2) is 17.2 Å². The van der Waals surface area contributed by atoms with Gasteiger partial charge < -0.3 is 10.1 Å². The summed E-state index contributed by atoms with van der Waals surface area (Å²) in [6.07, 6.45) is 0. The number of anilines is 2. The van der Waals surface area contributed by atoms with E-state index in [-0.39, 0.29) is 12.3 Å². The Labute approximate surface area is 137 Å². The van der Waals surface area contributed by atoms with Crippen molar-refractivity contribution < 1.29 is 26.7 Å². The van der Waals surface area contributed by atoms with Crippen molar-refractivity contribution in [2.24, 2.45) is 0 Å². The van der Waals surface area contributed by atoms with Crippen LogP contribution < -0.4 is 10.0 Å². The van der Waals surface area contributed by atoms with E-state index < -0.39 is 32.5 Å². The van der Waals surface area contributed by atoms with E-state index in [0.29, 0.717) is 5.69 Å². The summed E-state index contributed by atoms with van der Waals surface area (Å²) in [5, 5.41) is 2.48. The van der Waals surface area contributed by atoms with E-state index in [2.05, 4.69) is 14.8 Å². The van der Waals surface area contributed by atoms with Gasteiger partial charge in [-0.1, -0.05) is 12.1 Å². The minimum Gasteiger partial charge on any atom is -0.375 e. The zero-order chi connectivity index (χ0) is 17.7. The molecule has 0 fully saturated rings. The van der Waals surface area contributed by atoms with Crippen LogP contribution in [-0.4, -0.2) is 28.0 Å². The first kappa shape index (κ1) is 17.8. The highest BCUT2D eigenvalue weighted by Gasteiger charge is 2.23. The number of amides is 1. The van der Waals surface area contributed by atoms with Crippen LogP contribution in [0.4, 0.5) is 20.2 Å². The largest absolute Gasteiger partial charge is 0.375 e. The number of rotatable bonds is 6. The Morgan fingerprint density at radius 1 is 1.08 bits per heavy atom. The first-order valence-corrected chi connectivity index (χ1v) is 8.17. The molecule has 0 saturated carbocycles. The normalized spacial score (nSPS) is 11.1. The summed E-state index contributed by atoms with van der Waals surface area (Å²) in [5.74, 6) is -2.84. The van der Waals surface area contributed by atoms with Crippen LogP contribution in [0.25, 0.3) is 0 Å². The second-order valence-electron chi connectivity index (χ2n) is 4.72. The van der Waals surface area contributed by atoms with E-state index in [1.54, 1.807) is 0 Å². The fourth-order valence-electron chi connectivity index (χ4n) is 1.93. The highest BCUT2D eigenvalue weighted by atomic mass is 32.2.